The second-order valence-corrected chi connectivity index (χ2v) is 4.95. The smallest absolute Gasteiger partial charge is 0.142 e. The number of halogens is 1. The number of ether oxygens (including phenoxy) is 2. The zero-order valence-electron chi connectivity index (χ0n) is 12.0. The monoisotopic (exact) mass is 307 g/mol. The van der Waals surface area contributed by atoms with Crippen molar-refractivity contribution in [1.29, 1.82) is 0 Å². The van der Waals surface area contributed by atoms with E-state index >= 15 is 0 Å². The lowest BCUT2D eigenvalue weighted by molar-refractivity contribution is 0.191. The Balaban J connectivity index is 2.06. The summed E-state index contributed by atoms with van der Waals surface area (Å²) in [6.07, 6.45) is -0.663. The molecular formula is C16H18ClNO3. The maximum atomic E-state index is 10.2. The van der Waals surface area contributed by atoms with Gasteiger partial charge in [0, 0.05) is 11.6 Å². The van der Waals surface area contributed by atoms with E-state index in [2.05, 4.69) is 5.32 Å². The number of benzene rings is 2. The van der Waals surface area contributed by atoms with E-state index in [1.165, 1.54) is 0 Å². The quantitative estimate of drug-likeness (QED) is 0.857. The van der Waals surface area contributed by atoms with Crippen LogP contribution in [-0.4, -0.2) is 25.9 Å². The van der Waals surface area contributed by atoms with Gasteiger partial charge in [-0.2, -0.15) is 0 Å². The molecule has 1 unspecified atom stereocenters. The van der Waals surface area contributed by atoms with Gasteiger partial charge in [-0.1, -0.05) is 23.7 Å². The molecule has 112 valence electrons. The van der Waals surface area contributed by atoms with Crippen molar-refractivity contribution in [3.8, 4) is 11.5 Å². The van der Waals surface area contributed by atoms with E-state index in [1.807, 2.05) is 24.3 Å². The maximum Gasteiger partial charge on any atom is 0.142 e. The summed E-state index contributed by atoms with van der Waals surface area (Å²) in [6.45, 7) is 0.337. The molecule has 0 heterocycles. The molecule has 0 amide bonds. The average molecular weight is 308 g/mol. The van der Waals surface area contributed by atoms with Gasteiger partial charge < -0.3 is 19.9 Å². The summed E-state index contributed by atoms with van der Waals surface area (Å²) in [5, 5.41) is 14.0. The summed E-state index contributed by atoms with van der Waals surface area (Å²) < 4.78 is 10.4. The van der Waals surface area contributed by atoms with Gasteiger partial charge in [-0.15, -0.1) is 0 Å². The van der Waals surface area contributed by atoms with Crippen molar-refractivity contribution in [2.75, 3.05) is 26.1 Å². The van der Waals surface area contributed by atoms with E-state index < -0.39 is 6.10 Å². The van der Waals surface area contributed by atoms with Crippen molar-refractivity contribution in [2.24, 2.45) is 0 Å². The van der Waals surface area contributed by atoms with Gasteiger partial charge in [0.05, 0.1) is 26.0 Å². The van der Waals surface area contributed by atoms with E-state index in [9.17, 15) is 5.11 Å². The lowest BCUT2D eigenvalue weighted by Gasteiger charge is -2.16. The molecule has 1 atom stereocenters. The van der Waals surface area contributed by atoms with Gasteiger partial charge in [0.1, 0.15) is 11.5 Å². The van der Waals surface area contributed by atoms with Crippen LogP contribution in [0.1, 0.15) is 11.7 Å². The molecule has 5 heteroatoms. The van der Waals surface area contributed by atoms with Crippen LogP contribution in [0.3, 0.4) is 0 Å². The van der Waals surface area contributed by atoms with Crippen LogP contribution >= 0.6 is 11.6 Å². The molecule has 0 aliphatic heterocycles. The molecule has 0 saturated carbocycles. The molecule has 2 aromatic carbocycles. The highest BCUT2D eigenvalue weighted by molar-refractivity contribution is 6.30. The van der Waals surface area contributed by atoms with Crippen LogP contribution < -0.4 is 14.8 Å². The standard InChI is InChI=1S/C16H18ClNO3/c1-20-13-5-3-4-11(8-13)15(19)10-18-14-9-12(17)6-7-16(14)21-2/h3-9,15,18-19H,10H2,1-2H3. The molecule has 0 aliphatic carbocycles. The molecule has 21 heavy (non-hydrogen) atoms. The molecule has 0 saturated heterocycles. The molecule has 2 N–H and O–H groups in total. The second-order valence-electron chi connectivity index (χ2n) is 4.52. The minimum absolute atomic E-state index is 0.337. The summed E-state index contributed by atoms with van der Waals surface area (Å²) >= 11 is 5.97. The molecule has 2 aromatic rings. The highest BCUT2D eigenvalue weighted by Gasteiger charge is 2.10. The van der Waals surface area contributed by atoms with Crippen LogP contribution in [0, 0.1) is 0 Å². The third-order valence-electron chi connectivity index (χ3n) is 3.13. The van der Waals surface area contributed by atoms with Crippen LogP contribution in [0.4, 0.5) is 5.69 Å². The first-order valence-electron chi connectivity index (χ1n) is 6.53. The molecule has 0 aliphatic rings. The predicted octanol–water partition coefficient (Wildman–Crippen LogP) is 3.50. The minimum Gasteiger partial charge on any atom is -0.497 e. The Bertz CT molecular complexity index is 604. The first kappa shape index (κ1) is 15.5. The van der Waals surface area contributed by atoms with Crippen molar-refractivity contribution in [3.05, 3.63) is 53.1 Å². The first-order chi connectivity index (χ1) is 10.1. The van der Waals surface area contributed by atoms with Crippen molar-refractivity contribution in [1.82, 2.24) is 0 Å². The number of rotatable bonds is 6. The molecule has 0 radical (unpaired) electrons. The van der Waals surface area contributed by atoms with Crippen molar-refractivity contribution in [2.45, 2.75) is 6.10 Å². The molecule has 2 rings (SSSR count). The predicted molar refractivity (Wildman–Crippen MR) is 84.4 cm³/mol. The largest absolute Gasteiger partial charge is 0.497 e. The summed E-state index contributed by atoms with van der Waals surface area (Å²) in [7, 11) is 3.19. The summed E-state index contributed by atoms with van der Waals surface area (Å²) in [5.74, 6) is 1.39. The first-order valence-corrected chi connectivity index (χ1v) is 6.91. The minimum atomic E-state index is -0.663. The lowest BCUT2D eigenvalue weighted by atomic mass is 10.1. The van der Waals surface area contributed by atoms with Crippen molar-refractivity contribution in [3.63, 3.8) is 0 Å². The Kier molecular flexibility index (Phi) is 5.31. The zero-order valence-corrected chi connectivity index (χ0v) is 12.7. The summed E-state index contributed by atoms with van der Waals surface area (Å²) in [5.41, 5.74) is 1.52. The van der Waals surface area contributed by atoms with Crippen LogP contribution in [0.25, 0.3) is 0 Å². The fourth-order valence-corrected chi connectivity index (χ4v) is 2.16. The normalized spacial score (nSPS) is 11.8. The van der Waals surface area contributed by atoms with E-state index in [4.69, 9.17) is 21.1 Å². The fraction of sp³-hybridized carbons (Fsp3) is 0.250. The molecule has 0 spiro atoms. The van der Waals surface area contributed by atoms with Gasteiger partial charge in [0.25, 0.3) is 0 Å². The van der Waals surface area contributed by atoms with Crippen LogP contribution in [0.15, 0.2) is 42.5 Å². The highest BCUT2D eigenvalue weighted by Crippen LogP contribution is 2.28. The number of nitrogens with one attached hydrogen (secondary N) is 1. The summed E-state index contributed by atoms with van der Waals surface area (Å²) in [4.78, 5) is 0. The maximum absolute atomic E-state index is 10.2. The van der Waals surface area contributed by atoms with E-state index in [0.29, 0.717) is 23.1 Å². The number of aliphatic hydroxyl groups excluding tert-OH is 1. The van der Waals surface area contributed by atoms with Gasteiger partial charge in [-0.05, 0) is 35.9 Å². The Morgan fingerprint density at radius 1 is 1.14 bits per heavy atom. The van der Waals surface area contributed by atoms with Crippen molar-refractivity contribution < 1.29 is 14.6 Å². The summed E-state index contributed by atoms with van der Waals surface area (Å²) in [6, 6.07) is 12.6. The Hall–Kier alpha value is -1.91. The Labute approximate surface area is 129 Å². The molecule has 0 bridgehead atoms. The lowest BCUT2D eigenvalue weighted by Crippen LogP contribution is -2.12. The fourth-order valence-electron chi connectivity index (χ4n) is 1.99. The Morgan fingerprint density at radius 3 is 2.67 bits per heavy atom. The van der Waals surface area contributed by atoms with Gasteiger partial charge in [-0.25, -0.2) is 0 Å². The number of aliphatic hydroxyl groups is 1. The SMILES string of the molecule is COc1cccc(C(O)CNc2cc(Cl)ccc2OC)c1. The van der Waals surface area contributed by atoms with E-state index in [0.717, 1.165) is 11.3 Å². The third kappa shape index (κ3) is 4.03. The zero-order chi connectivity index (χ0) is 15.2. The van der Waals surface area contributed by atoms with E-state index in [-0.39, 0.29) is 0 Å². The van der Waals surface area contributed by atoms with Crippen LogP contribution in [-0.2, 0) is 0 Å². The molecule has 0 aromatic heterocycles. The van der Waals surface area contributed by atoms with Crippen LogP contribution in [0.2, 0.25) is 5.02 Å². The highest BCUT2D eigenvalue weighted by atomic mass is 35.5. The topological polar surface area (TPSA) is 50.7 Å². The number of hydrogen-bond acceptors (Lipinski definition) is 4. The number of anilines is 1. The molecule has 4 nitrogen and oxygen atoms in total. The number of hydrogen-bond donors (Lipinski definition) is 2. The van der Waals surface area contributed by atoms with Gasteiger partial charge in [0.2, 0.25) is 0 Å². The third-order valence-corrected chi connectivity index (χ3v) is 3.36. The van der Waals surface area contributed by atoms with Gasteiger partial charge in [0.15, 0.2) is 0 Å². The Morgan fingerprint density at radius 2 is 1.95 bits per heavy atom. The molecule has 0 fully saturated rings. The molecular weight excluding hydrogens is 290 g/mol. The average Bonchev–Trinajstić information content (AvgIpc) is 2.52. The number of methoxy groups -OCH3 is 2. The second kappa shape index (κ2) is 7.20. The van der Waals surface area contributed by atoms with Gasteiger partial charge >= 0.3 is 0 Å². The van der Waals surface area contributed by atoms with E-state index in [1.54, 1.807) is 32.4 Å². The van der Waals surface area contributed by atoms with Gasteiger partial charge in [-0.3, -0.25) is 0 Å². The van der Waals surface area contributed by atoms with Crippen molar-refractivity contribution >= 4 is 17.3 Å². The van der Waals surface area contributed by atoms with Crippen LogP contribution in [0.5, 0.6) is 11.5 Å².